The number of ether oxygens (including phenoxy) is 1. The van der Waals surface area contributed by atoms with Gasteiger partial charge in [0.1, 0.15) is 5.75 Å². The Balaban J connectivity index is 2.43. The summed E-state index contributed by atoms with van der Waals surface area (Å²) in [7, 11) is 1.59. The number of carbonyl (C=O) groups is 1. The van der Waals surface area contributed by atoms with Crippen molar-refractivity contribution in [2.75, 3.05) is 19.0 Å². The molecule has 0 fully saturated rings. The number of hydrogen-bond donors (Lipinski definition) is 2. The van der Waals surface area contributed by atoms with Gasteiger partial charge in [-0.25, -0.2) is 0 Å². The Morgan fingerprint density at radius 3 is 2.94 bits per heavy atom. The van der Waals surface area contributed by atoms with Crippen LogP contribution in [-0.2, 0) is 4.79 Å². The van der Waals surface area contributed by atoms with Crippen molar-refractivity contribution < 1.29 is 14.6 Å². The number of methoxy groups -OCH3 is 1. The molecule has 0 radical (unpaired) electrons. The summed E-state index contributed by atoms with van der Waals surface area (Å²) in [5.74, 6) is 0.676. The van der Waals surface area contributed by atoms with Gasteiger partial charge in [-0.3, -0.25) is 4.79 Å². The first-order valence-corrected chi connectivity index (χ1v) is 5.31. The van der Waals surface area contributed by atoms with Gasteiger partial charge in [-0.15, -0.1) is 0 Å². The molecule has 0 spiro atoms. The molecule has 0 aliphatic rings. The van der Waals surface area contributed by atoms with Gasteiger partial charge in [0, 0.05) is 24.8 Å². The second kappa shape index (κ2) is 6.85. The van der Waals surface area contributed by atoms with Gasteiger partial charge >= 0.3 is 0 Å². The van der Waals surface area contributed by atoms with Crippen LogP contribution in [0.1, 0.15) is 19.3 Å². The number of amides is 1. The number of anilines is 1. The number of nitrogens with one attached hydrogen (secondary N) is 1. The van der Waals surface area contributed by atoms with Gasteiger partial charge in [0.05, 0.1) is 7.11 Å². The van der Waals surface area contributed by atoms with Crippen molar-refractivity contribution in [1.82, 2.24) is 0 Å². The SMILES string of the molecule is COc1cccc(NC(=O)CCCCO)c1. The van der Waals surface area contributed by atoms with Crippen LogP contribution in [0.2, 0.25) is 0 Å². The number of benzene rings is 1. The van der Waals surface area contributed by atoms with E-state index in [-0.39, 0.29) is 12.5 Å². The first kappa shape index (κ1) is 12.5. The first-order valence-electron chi connectivity index (χ1n) is 5.31. The average Bonchev–Trinajstić information content (AvgIpc) is 2.29. The number of carbonyl (C=O) groups excluding carboxylic acids is 1. The third kappa shape index (κ3) is 4.31. The van der Waals surface area contributed by atoms with Crippen molar-refractivity contribution in [3.05, 3.63) is 24.3 Å². The van der Waals surface area contributed by atoms with Crippen molar-refractivity contribution in [2.24, 2.45) is 0 Å². The zero-order chi connectivity index (χ0) is 11.8. The van der Waals surface area contributed by atoms with E-state index in [2.05, 4.69) is 5.32 Å². The van der Waals surface area contributed by atoms with E-state index in [1.165, 1.54) is 0 Å². The van der Waals surface area contributed by atoms with Gasteiger partial charge in [0.15, 0.2) is 0 Å². The molecule has 0 saturated heterocycles. The molecule has 4 heteroatoms. The predicted molar refractivity (Wildman–Crippen MR) is 62.6 cm³/mol. The van der Waals surface area contributed by atoms with Crippen molar-refractivity contribution in [3.8, 4) is 5.75 Å². The van der Waals surface area contributed by atoms with Crippen LogP contribution < -0.4 is 10.1 Å². The lowest BCUT2D eigenvalue weighted by Gasteiger charge is -2.06. The third-order valence-electron chi connectivity index (χ3n) is 2.17. The Hall–Kier alpha value is -1.55. The van der Waals surface area contributed by atoms with Crippen molar-refractivity contribution in [1.29, 1.82) is 0 Å². The van der Waals surface area contributed by atoms with Crippen LogP contribution in [0.5, 0.6) is 5.75 Å². The second-order valence-electron chi connectivity index (χ2n) is 3.46. The molecule has 0 saturated carbocycles. The summed E-state index contributed by atoms with van der Waals surface area (Å²) >= 11 is 0. The van der Waals surface area contributed by atoms with Crippen LogP contribution >= 0.6 is 0 Å². The number of aliphatic hydroxyl groups is 1. The summed E-state index contributed by atoms with van der Waals surface area (Å²) in [5, 5.41) is 11.4. The summed E-state index contributed by atoms with van der Waals surface area (Å²) in [6.07, 6.45) is 1.79. The standard InChI is InChI=1S/C12H17NO3/c1-16-11-6-4-5-10(9-11)13-12(15)7-2-3-8-14/h4-6,9,14H,2-3,7-8H2,1H3,(H,13,15). The Morgan fingerprint density at radius 1 is 1.44 bits per heavy atom. The molecule has 1 aromatic carbocycles. The molecule has 4 nitrogen and oxygen atoms in total. The van der Waals surface area contributed by atoms with Crippen LogP contribution in [0.4, 0.5) is 5.69 Å². The highest BCUT2D eigenvalue weighted by Crippen LogP contribution is 2.16. The molecule has 0 bridgehead atoms. The van der Waals surface area contributed by atoms with E-state index in [1.54, 1.807) is 13.2 Å². The largest absolute Gasteiger partial charge is 0.497 e. The van der Waals surface area contributed by atoms with Gasteiger partial charge in [-0.05, 0) is 25.0 Å². The predicted octanol–water partition coefficient (Wildman–Crippen LogP) is 1.80. The quantitative estimate of drug-likeness (QED) is 0.723. The van der Waals surface area contributed by atoms with E-state index >= 15 is 0 Å². The number of hydrogen-bond acceptors (Lipinski definition) is 3. The van der Waals surface area contributed by atoms with Crippen LogP contribution in [0, 0.1) is 0 Å². The first-order chi connectivity index (χ1) is 7.76. The highest BCUT2D eigenvalue weighted by Gasteiger charge is 2.02. The summed E-state index contributed by atoms with van der Waals surface area (Å²) in [4.78, 5) is 11.5. The Labute approximate surface area is 95.2 Å². The molecule has 0 aromatic heterocycles. The molecule has 1 aromatic rings. The third-order valence-corrected chi connectivity index (χ3v) is 2.17. The molecular weight excluding hydrogens is 206 g/mol. The van der Waals surface area contributed by atoms with E-state index in [4.69, 9.17) is 9.84 Å². The smallest absolute Gasteiger partial charge is 0.224 e. The maximum absolute atomic E-state index is 11.5. The minimum absolute atomic E-state index is 0.0401. The van der Waals surface area contributed by atoms with Crippen LogP contribution in [0.3, 0.4) is 0 Å². The molecule has 2 N–H and O–H groups in total. The minimum Gasteiger partial charge on any atom is -0.497 e. The van der Waals surface area contributed by atoms with Crippen molar-refractivity contribution >= 4 is 11.6 Å². The molecule has 0 aliphatic heterocycles. The zero-order valence-corrected chi connectivity index (χ0v) is 9.40. The molecule has 0 unspecified atom stereocenters. The van der Waals surface area contributed by atoms with Gasteiger partial charge < -0.3 is 15.2 Å². The summed E-state index contributed by atoms with van der Waals surface area (Å²) in [6, 6.07) is 7.22. The fourth-order valence-corrected chi connectivity index (χ4v) is 1.32. The molecule has 88 valence electrons. The molecule has 0 aliphatic carbocycles. The average molecular weight is 223 g/mol. The normalized spacial score (nSPS) is 9.88. The number of rotatable bonds is 6. The van der Waals surface area contributed by atoms with Crippen LogP contribution in [0.15, 0.2) is 24.3 Å². The van der Waals surface area contributed by atoms with Crippen molar-refractivity contribution in [3.63, 3.8) is 0 Å². The highest BCUT2D eigenvalue weighted by molar-refractivity contribution is 5.90. The number of unbranched alkanes of at least 4 members (excludes halogenated alkanes) is 1. The Kier molecular flexibility index (Phi) is 5.36. The lowest BCUT2D eigenvalue weighted by molar-refractivity contribution is -0.116. The maximum Gasteiger partial charge on any atom is 0.224 e. The fourth-order valence-electron chi connectivity index (χ4n) is 1.32. The summed E-state index contributed by atoms with van der Waals surface area (Å²) in [6.45, 7) is 0.131. The summed E-state index contributed by atoms with van der Waals surface area (Å²) in [5.41, 5.74) is 0.730. The Bertz CT molecular complexity index is 339. The molecule has 0 atom stereocenters. The molecule has 0 heterocycles. The van der Waals surface area contributed by atoms with E-state index in [9.17, 15) is 4.79 Å². The summed E-state index contributed by atoms with van der Waals surface area (Å²) < 4.78 is 5.05. The van der Waals surface area contributed by atoms with E-state index in [0.29, 0.717) is 25.0 Å². The Morgan fingerprint density at radius 2 is 2.25 bits per heavy atom. The lowest BCUT2D eigenvalue weighted by Crippen LogP contribution is -2.11. The number of aliphatic hydroxyl groups excluding tert-OH is 1. The van der Waals surface area contributed by atoms with Crippen LogP contribution in [-0.4, -0.2) is 24.7 Å². The van der Waals surface area contributed by atoms with Gasteiger partial charge in [0.25, 0.3) is 0 Å². The minimum atomic E-state index is -0.0401. The van der Waals surface area contributed by atoms with E-state index in [0.717, 1.165) is 5.69 Å². The zero-order valence-electron chi connectivity index (χ0n) is 9.40. The van der Waals surface area contributed by atoms with Gasteiger partial charge in [0.2, 0.25) is 5.91 Å². The van der Waals surface area contributed by atoms with Gasteiger partial charge in [-0.1, -0.05) is 6.07 Å². The van der Waals surface area contributed by atoms with Crippen LogP contribution in [0.25, 0.3) is 0 Å². The highest BCUT2D eigenvalue weighted by atomic mass is 16.5. The molecule has 16 heavy (non-hydrogen) atoms. The second-order valence-corrected chi connectivity index (χ2v) is 3.46. The topological polar surface area (TPSA) is 58.6 Å². The van der Waals surface area contributed by atoms with Crippen molar-refractivity contribution in [2.45, 2.75) is 19.3 Å². The fraction of sp³-hybridized carbons (Fsp3) is 0.417. The molecule has 1 rings (SSSR count). The molecular formula is C12H17NO3. The monoisotopic (exact) mass is 223 g/mol. The van der Waals surface area contributed by atoms with Gasteiger partial charge in [-0.2, -0.15) is 0 Å². The molecule has 1 amide bonds. The maximum atomic E-state index is 11.5. The van der Waals surface area contributed by atoms with E-state index < -0.39 is 0 Å². The van der Waals surface area contributed by atoms with E-state index in [1.807, 2.05) is 18.2 Å². The lowest BCUT2D eigenvalue weighted by atomic mass is 10.2.